The van der Waals surface area contributed by atoms with Gasteiger partial charge in [-0.25, -0.2) is 0 Å². The highest BCUT2D eigenvalue weighted by Crippen LogP contribution is 2.45. The molecule has 0 saturated heterocycles. The van der Waals surface area contributed by atoms with E-state index in [4.69, 9.17) is 0 Å². The zero-order valence-electron chi connectivity index (χ0n) is 39.9. The Balaban J connectivity index is 0.943. The summed E-state index contributed by atoms with van der Waals surface area (Å²) in [5, 5.41) is 2.48. The van der Waals surface area contributed by atoms with Crippen molar-refractivity contribution in [3.05, 3.63) is 219 Å². The lowest BCUT2D eigenvalue weighted by Crippen LogP contribution is -2.23. The van der Waals surface area contributed by atoms with Gasteiger partial charge < -0.3 is 18.9 Å². The lowest BCUT2D eigenvalue weighted by Gasteiger charge is -2.28. The molecule has 11 rings (SSSR count). The Morgan fingerprint density at radius 1 is 0.333 bits per heavy atom. The minimum absolute atomic E-state index is 0.122. The molecule has 11 aromatic rings. The van der Waals surface area contributed by atoms with Gasteiger partial charge in [0.2, 0.25) is 0 Å². The maximum absolute atomic E-state index is 4.38. The number of fused-ring (bicyclic) bond motifs is 3. The van der Waals surface area contributed by atoms with Crippen LogP contribution in [0.2, 0.25) is 0 Å². The van der Waals surface area contributed by atoms with E-state index >= 15 is 0 Å². The third-order valence-corrected chi connectivity index (χ3v) is 14.0. The summed E-state index contributed by atoms with van der Waals surface area (Å²) in [5.74, 6) is 0. The molecule has 6 aromatic carbocycles. The van der Waals surface area contributed by atoms with E-state index in [0.29, 0.717) is 0 Å². The van der Waals surface area contributed by atoms with Crippen molar-refractivity contribution < 1.29 is 0 Å². The molecular weight excluding hydrogens is 861 g/mol. The van der Waals surface area contributed by atoms with Crippen LogP contribution in [0.3, 0.4) is 0 Å². The SMILES string of the molecule is CC(C)(C)n1c(-c2ccccc2)ccc1-c1ccc(N(c2ccncc2)c2ccc3c(c2)sc2cc(N(c4ccncc4)c4ccc(-c5ccc(-c6ccccc6)n5C(C)(C)C)cc4)ccc23)cc1. The molecule has 0 aliphatic rings. The number of rotatable bonds is 10. The Morgan fingerprint density at radius 3 is 0.971 bits per heavy atom. The number of hydrogen-bond donors (Lipinski definition) is 0. The van der Waals surface area contributed by atoms with Crippen molar-refractivity contribution >= 4 is 65.6 Å². The third kappa shape index (κ3) is 8.29. The van der Waals surface area contributed by atoms with Gasteiger partial charge in [0.1, 0.15) is 0 Å². The summed E-state index contributed by atoms with van der Waals surface area (Å²) in [5.41, 5.74) is 15.8. The molecule has 0 saturated carbocycles. The molecule has 0 radical (unpaired) electrons. The molecule has 5 heterocycles. The van der Waals surface area contributed by atoms with Crippen LogP contribution in [0.15, 0.2) is 219 Å². The summed E-state index contributed by atoms with van der Waals surface area (Å²) in [4.78, 5) is 13.4. The zero-order valence-corrected chi connectivity index (χ0v) is 40.7. The number of aromatic nitrogens is 4. The van der Waals surface area contributed by atoms with Crippen molar-refractivity contribution in [2.24, 2.45) is 0 Å². The minimum atomic E-state index is -0.122. The molecular formula is C62H54N6S. The highest BCUT2D eigenvalue weighted by molar-refractivity contribution is 7.25. The maximum Gasteiger partial charge on any atom is 0.0492 e. The molecule has 0 aliphatic heterocycles. The van der Waals surface area contributed by atoms with Crippen LogP contribution in [0.5, 0.6) is 0 Å². The predicted molar refractivity (Wildman–Crippen MR) is 292 cm³/mol. The minimum Gasteiger partial charge on any atom is -0.335 e. The fraction of sp³-hybridized carbons (Fsp3) is 0.129. The molecule has 0 spiro atoms. The smallest absolute Gasteiger partial charge is 0.0492 e. The topological polar surface area (TPSA) is 42.1 Å². The highest BCUT2D eigenvalue weighted by atomic mass is 32.1. The molecule has 0 fully saturated rings. The molecule has 0 aliphatic carbocycles. The molecule has 0 bridgehead atoms. The fourth-order valence-electron chi connectivity index (χ4n) is 9.91. The van der Waals surface area contributed by atoms with Crippen molar-refractivity contribution in [3.63, 3.8) is 0 Å². The zero-order chi connectivity index (χ0) is 47.3. The van der Waals surface area contributed by atoms with Crippen molar-refractivity contribution in [1.82, 2.24) is 19.1 Å². The Labute approximate surface area is 409 Å². The van der Waals surface area contributed by atoms with E-state index in [1.54, 1.807) is 0 Å². The second-order valence-electron chi connectivity index (χ2n) is 19.6. The van der Waals surface area contributed by atoms with E-state index in [2.05, 4.69) is 265 Å². The molecule has 0 atom stereocenters. The van der Waals surface area contributed by atoms with Gasteiger partial charge >= 0.3 is 0 Å². The Bertz CT molecular complexity index is 3310. The summed E-state index contributed by atoms with van der Waals surface area (Å²) in [7, 11) is 0. The van der Waals surface area contributed by atoms with Crippen LogP contribution in [0.4, 0.5) is 34.1 Å². The summed E-state index contributed by atoms with van der Waals surface area (Å²) in [6.45, 7) is 13.7. The Kier molecular flexibility index (Phi) is 11.1. The second-order valence-corrected chi connectivity index (χ2v) is 20.7. The molecule has 69 heavy (non-hydrogen) atoms. The van der Waals surface area contributed by atoms with Crippen LogP contribution in [0, 0.1) is 0 Å². The number of pyridine rings is 2. The van der Waals surface area contributed by atoms with E-state index in [1.165, 1.54) is 65.2 Å². The van der Waals surface area contributed by atoms with Gasteiger partial charge in [-0.15, -0.1) is 11.3 Å². The van der Waals surface area contributed by atoms with Gasteiger partial charge in [-0.1, -0.05) is 97.1 Å². The lowest BCUT2D eigenvalue weighted by molar-refractivity contribution is 0.407. The molecule has 5 aromatic heterocycles. The van der Waals surface area contributed by atoms with Crippen LogP contribution in [0.25, 0.3) is 65.2 Å². The first-order valence-electron chi connectivity index (χ1n) is 23.6. The van der Waals surface area contributed by atoms with Gasteiger partial charge in [0.15, 0.2) is 0 Å². The van der Waals surface area contributed by atoms with Crippen LogP contribution < -0.4 is 9.80 Å². The maximum atomic E-state index is 4.38. The fourth-order valence-corrected chi connectivity index (χ4v) is 11.1. The van der Waals surface area contributed by atoms with Gasteiger partial charge in [-0.05, 0) is 161 Å². The average Bonchev–Trinajstić information content (AvgIpc) is 4.12. The van der Waals surface area contributed by atoms with Crippen LogP contribution in [-0.2, 0) is 11.1 Å². The monoisotopic (exact) mass is 914 g/mol. The number of benzene rings is 6. The largest absolute Gasteiger partial charge is 0.335 e. The molecule has 0 amide bonds. The van der Waals surface area contributed by atoms with Gasteiger partial charge in [0, 0.05) is 113 Å². The van der Waals surface area contributed by atoms with E-state index < -0.39 is 0 Å². The quantitative estimate of drug-likeness (QED) is 0.137. The number of thiophene rings is 1. The Morgan fingerprint density at radius 2 is 0.638 bits per heavy atom. The Hall–Kier alpha value is -8.00. The third-order valence-electron chi connectivity index (χ3n) is 12.9. The number of hydrogen-bond acceptors (Lipinski definition) is 5. The van der Waals surface area contributed by atoms with E-state index in [0.717, 1.165) is 34.1 Å². The highest BCUT2D eigenvalue weighted by Gasteiger charge is 2.25. The van der Waals surface area contributed by atoms with Crippen LogP contribution in [-0.4, -0.2) is 19.1 Å². The summed E-state index contributed by atoms with van der Waals surface area (Å²) in [6, 6.07) is 70.4. The normalized spacial score (nSPS) is 11.9. The molecule has 0 N–H and O–H groups in total. The second kappa shape index (κ2) is 17.6. The van der Waals surface area contributed by atoms with Crippen molar-refractivity contribution in [3.8, 4) is 45.0 Å². The average molecular weight is 915 g/mol. The first-order chi connectivity index (χ1) is 33.5. The van der Waals surface area contributed by atoms with Crippen molar-refractivity contribution in [2.45, 2.75) is 52.6 Å². The number of nitrogens with zero attached hydrogens (tertiary/aromatic N) is 6. The van der Waals surface area contributed by atoms with E-state index in [1.807, 2.05) is 36.1 Å². The van der Waals surface area contributed by atoms with Gasteiger partial charge in [0.05, 0.1) is 0 Å². The van der Waals surface area contributed by atoms with Crippen molar-refractivity contribution in [1.29, 1.82) is 0 Å². The molecule has 0 unspecified atom stereocenters. The van der Waals surface area contributed by atoms with E-state index in [9.17, 15) is 0 Å². The standard InChI is InChI=1S/C62H54N6S/c1-61(2,3)67-55(43-13-9-7-10-14-43)29-31-57(67)45-17-21-47(22-18-45)65(49-33-37-63-38-34-49)51-25-27-53-54-28-26-52(42-60(54)69-59(53)41-51)66(50-35-39-64-40-36-50)48-23-19-46(20-24-48)58-32-30-56(68(58)62(4,5)6)44-15-11-8-12-16-44/h7-42H,1-6H3. The summed E-state index contributed by atoms with van der Waals surface area (Å²) in [6.07, 6.45) is 7.46. The molecule has 338 valence electrons. The molecule has 6 nitrogen and oxygen atoms in total. The van der Waals surface area contributed by atoms with Crippen molar-refractivity contribution in [2.75, 3.05) is 9.80 Å². The van der Waals surface area contributed by atoms with Gasteiger partial charge in [-0.2, -0.15) is 0 Å². The number of anilines is 6. The summed E-state index contributed by atoms with van der Waals surface area (Å²) < 4.78 is 7.37. The van der Waals surface area contributed by atoms with E-state index in [-0.39, 0.29) is 11.1 Å². The van der Waals surface area contributed by atoms with Gasteiger partial charge in [-0.3, -0.25) is 9.97 Å². The summed E-state index contributed by atoms with van der Waals surface area (Å²) >= 11 is 1.83. The van der Waals surface area contributed by atoms with Crippen LogP contribution in [0.1, 0.15) is 41.5 Å². The van der Waals surface area contributed by atoms with Gasteiger partial charge in [0.25, 0.3) is 0 Å². The first kappa shape index (κ1) is 43.6. The molecule has 7 heteroatoms. The first-order valence-corrected chi connectivity index (χ1v) is 24.4. The predicted octanol–water partition coefficient (Wildman–Crippen LogP) is 17.6. The van der Waals surface area contributed by atoms with Crippen LogP contribution >= 0.6 is 11.3 Å². The lowest BCUT2D eigenvalue weighted by atomic mass is 10.0.